The molecule has 330 valence electrons. The Hall–Kier alpha value is -3.87. The molecule has 8 aliphatic rings. The monoisotopic (exact) mass is 864 g/mol. The number of carbonyl (C=O) groups excluding carboxylic acids is 2. The van der Waals surface area contributed by atoms with Crippen LogP contribution in [-0.4, -0.2) is 112 Å². The van der Waals surface area contributed by atoms with Crippen LogP contribution in [0, 0.1) is 35.5 Å². The van der Waals surface area contributed by atoms with Crippen molar-refractivity contribution in [2.45, 2.75) is 107 Å². The first-order valence-electron chi connectivity index (χ1n) is 21.3. The van der Waals surface area contributed by atoms with Gasteiger partial charge in [-0.2, -0.15) is 22.5 Å². The quantitative estimate of drug-likeness (QED) is 0.222. The fraction of sp³-hybridized carbons (Fsp3) is 0.756. The summed E-state index contributed by atoms with van der Waals surface area (Å²) in [5.74, 6) is -2.99. The normalized spacial score (nSPS) is 31.0. The summed E-state index contributed by atoms with van der Waals surface area (Å²) >= 11 is 0. The second kappa shape index (κ2) is 16.1. The van der Waals surface area contributed by atoms with Crippen LogP contribution in [0.5, 0.6) is 0 Å². The summed E-state index contributed by atoms with van der Waals surface area (Å²) in [5.41, 5.74) is 0.457. The maximum absolute atomic E-state index is 14.7. The molecule has 2 saturated carbocycles. The minimum atomic E-state index is -3.81. The number of halogens is 4. The van der Waals surface area contributed by atoms with E-state index in [1.165, 1.54) is 27.2 Å². The molecule has 1 N–H and O–H groups in total. The van der Waals surface area contributed by atoms with Crippen molar-refractivity contribution in [3.63, 3.8) is 0 Å². The number of methoxy groups -OCH3 is 2. The van der Waals surface area contributed by atoms with E-state index < -0.39 is 32.5 Å². The molecule has 6 heterocycles. The molecule has 2 unspecified atom stereocenters. The number of fused-ring (bicyclic) bond motifs is 4. The Bertz CT molecular complexity index is 2090. The van der Waals surface area contributed by atoms with Gasteiger partial charge in [0.1, 0.15) is 23.0 Å². The molecular weight excluding hydrogens is 809 g/mol. The topological polar surface area (TPSA) is 160 Å². The van der Waals surface area contributed by atoms with Crippen LogP contribution in [0.2, 0.25) is 0 Å². The third-order valence-electron chi connectivity index (χ3n) is 14.0. The van der Waals surface area contributed by atoms with Crippen molar-refractivity contribution in [2.24, 2.45) is 35.5 Å². The van der Waals surface area contributed by atoms with E-state index >= 15 is 0 Å². The Labute approximate surface area is 348 Å². The summed E-state index contributed by atoms with van der Waals surface area (Å²) in [6, 6.07) is 1.11. The number of nitrogens with one attached hydrogen (secondary N) is 1. The van der Waals surface area contributed by atoms with Crippen LogP contribution in [0.4, 0.5) is 35.1 Å². The van der Waals surface area contributed by atoms with Gasteiger partial charge in [-0.25, -0.2) is 23.4 Å². The molecule has 0 amide bonds. The standard InChI is InChI=1S/C20H26F2N4O2.C17H21F2N3O4S.C4H9N/c1-11-5-7-26(11)19-23-17-12(4-3-6-20(17,21)22)18(24-19)25-9-14-13(15(14)10-25)8-16(27)28-2;1-26-13(23)6-10-11-7-22(8-12(10)11)15-9-4-3-5-17(18,19)14(9)20-16(21-15)27(2,24)25;1-4-2-3-5-4/h11,13-15H,3-10H2,1-2H3;10-12H,3-8H2,1-2H3;4-5H,2-3H2,1H3/t11-,13?,14-,15+;10?,11-,12+;4-/m0.0/s1. The number of alkyl halides is 4. The number of ether oxygens (including phenoxy) is 2. The second-order valence-electron chi connectivity index (χ2n) is 18.0. The minimum Gasteiger partial charge on any atom is -0.469 e. The van der Waals surface area contributed by atoms with E-state index in [2.05, 4.69) is 39.0 Å². The Morgan fingerprint density at radius 3 is 1.57 bits per heavy atom. The van der Waals surface area contributed by atoms with Crippen molar-refractivity contribution in [2.75, 3.05) is 74.4 Å². The lowest BCUT2D eigenvalue weighted by molar-refractivity contribution is -0.142. The van der Waals surface area contributed by atoms with Gasteiger partial charge in [0.25, 0.3) is 11.8 Å². The molecule has 19 heteroatoms. The molecule has 2 aromatic rings. The zero-order chi connectivity index (χ0) is 42.9. The van der Waals surface area contributed by atoms with Gasteiger partial charge >= 0.3 is 11.9 Å². The van der Waals surface area contributed by atoms with Crippen LogP contribution in [-0.2, 0) is 53.6 Å². The lowest BCUT2D eigenvalue weighted by Crippen LogP contribution is -2.47. The molecule has 2 aromatic heterocycles. The number of aromatic nitrogens is 4. The largest absolute Gasteiger partial charge is 0.469 e. The van der Waals surface area contributed by atoms with E-state index in [0.717, 1.165) is 38.4 Å². The fourth-order valence-electron chi connectivity index (χ4n) is 10.1. The van der Waals surface area contributed by atoms with Gasteiger partial charge in [0, 0.05) is 87.9 Å². The molecule has 0 bridgehead atoms. The van der Waals surface area contributed by atoms with Crippen molar-refractivity contribution in [1.82, 2.24) is 25.3 Å². The van der Waals surface area contributed by atoms with Crippen molar-refractivity contribution in [3.05, 3.63) is 22.5 Å². The summed E-state index contributed by atoms with van der Waals surface area (Å²) in [7, 11) is -1.05. The van der Waals surface area contributed by atoms with Crippen LogP contribution in [0.15, 0.2) is 5.16 Å². The summed E-state index contributed by atoms with van der Waals surface area (Å²) in [4.78, 5) is 46.1. The zero-order valence-corrected chi connectivity index (χ0v) is 35.7. The van der Waals surface area contributed by atoms with E-state index in [9.17, 15) is 35.6 Å². The van der Waals surface area contributed by atoms with Gasteiger partial charge in [0.05, 0.1) is 14.2 Å². The Morgan fingerprint density at radius 1 is 0.750 bits per heavy atom. The van der Waals surface area contributed by atoms with E-state index in [1.54, 1.807) is 0 Å². The molecule has 0 aromatic carbocycles. The van der Waals surface area contributed by atoms with Crippen molar-refractivity contribution in [1.29, 1.82) is 0 Å². The molecule has 0 spiro atoms. The Kier molecular flexibility index (Phi) is 11.5. The van der Waals surface area contributed by atoms with E-state index in [-0.39, 0.29) is 48.2 Å². The number of hydrogen-bond donors (Lipinski definition) is 1. The number of anilines is 3. The molecule has 10 rings (SSSR count). The predicted molar refractivity (Wildman–Crippen MR) is 213 cm³/mol. The zero-order valence-electron chi connectivity index (χ0n) is 34.9. The Balaban J connectivity index is 0.000000149. The molecule has 6 fully saturated rings. The molecule has 8 atom stereocenters. The first-order chi connectivity index (χ1) is 28.4. The first kappa shape index (κ1) is 42.8. The number of nitrogens with zero attached hydrogens (tertiary/aromatic N) is 7. The SMILES string of the molecule is COC(=O)CC1[C@H]2CN(c3nc(N4CC[C@@H]4C)nc4c3CCCC4(F)F)C[C@@H]12.COC(=O)CC1[C@H]2CN(c3nc(S(C)(=O)=O)nc4c3CCCC4(F)F)C[C@@H]12.C[C@H]1CCN1. The predicted octanol–water partition coefficient (Wildman–Crippen LogP) is 4.67. The highest BCUT2D eigenvalue weighted by molar-refractivity contribution is 7.90. The van der Waals surface area contributed by atoms with E-state index in [0.29, 0.717) is 104 Å². The summed E-state index contributed by atoms with van der Waals surface area (Å²) in [6.45, 7) is 9.02. The third kappa shape index (κ3) is 8.37. The van der Waals surface area contributed by atoms with Gasteiger partial charge in [-0.15, -0.1) is 0 Å². The number of carbonyl (C=O) groups is 2. The van der Waals surface area contributed by atoms with Crippen molar-refractivity contribution < 1.29 is 45.0 Å². The summed E-state index contributed by atoms with van der Waals surface area (Å²) < 4.78 is 91.5. The van der Waals surface area contributed by atoms with Crippen LogP contribution in [0.25, 0.3) is 0 Å². The summed E-state index contributed by atoms with van der Waals surface area (Å²) in [5, 5.41) is 2.66. The highest BCUT2D eigenvalue weighted by Gasteiger charge is 2.58. The minimum absolute atomic E-state index is 0.0652. The maximum Gasteiger partial charge on any atom is 0.305 e. The van der Waals surface area contributed by atoms with Gasteiger partial charge < -0.3 is 29.5 Å². The highest BCUT2D eigenvalue weighted by Crippen LogP contribution is 2.56. The van der Waals surface area contributed by atoms with Gasteiger partial charge in [-0.05, 0) is 94.4 Å². The van der Waals surface area contributed by atoms with Gasteiger partial charge in [0.2, 0.25) is 20.9 Å². The molecular formula is C41H56F4N8O6S. The molecule has 14 nitrogen and oxygen atoms in total. The van der Waals surface area contributed by atoms with Crippen LogP contribution in [0.1, 0.15) is 87.7 Å². The van der Waals surface area contributed by atoms with Crippen LogP contribution < -0.4 is 20.0 Å². The fourth-order valence-corrected chi connectivity index (χ4v) is 10.6. The molecule has 4 aliphatic carbocycles. The number of rotatable bonds is 8. The average molecular weight is 865 g/mol. The number of hydrogen-bond acceptors (Lipinski definition) is 14. The third-order valence-corrected chi connectivity index (χ3v) is 14.9. The van der Waals surface area contributed by atoms with Gasteiger partial charge in [-0.3, -0.25) is 9.59 Å². The average Bonchev–Trinajstić information content (AvgIpc) is 3.80. The molecule has 4 saturated heterocycles. The van der Waals surface area contributed by atoms with Crippen LogP contribution in [0.3, 0.4) is 0 Å². The van der Waals surface area contributed by atoms with Gasteiger partial charge in [0.15, 0.2) is 0 Å². The first-order valence-corrected chi connectivity index (χ1v) is 23.2. The highest BCUT2D eigenvalue weighted by atomic mass is 32.2. The number of piperidine rings is 2. The van der Waals surface area contributed by atoms with Crippen molar-refractivity contribution in [3.8, 4) is 0 Å². The van der Waals surface area contributed by atoms with Crippen LogP contribution >= 0.6 is 0 Å². The van der Waals surface area contributed by atoms with Gasteiger partial charge in [-0.1, -0.05) is 0 Å². The molecule has 4 aliphatic heterocycles. The number of sulfone groups is 1. The Morgan fingerprint density at radius 2 is 1.20 bits per heavy atom. The maximum atomic E-state index is 14.7. The van der Waals surface area contributed by atoms with E-state index in [4.69, 9.17) is 14.5 Å². The summed E-state index contributed by atoms with van der Waals surface area (Å²) in [6.07, 6.45) is 5.44. The van der Waals surface area contributed by atoms with Crippen molar-refractivity contribution >= 4 is 39.4 Å². The van der Waals surface area contributed by atoms with E-state index in [1.807, 2.05) is 9.80 Å². The lowest BCUT2D eigenvalue weighted by atomic mass is 9.92. The number of esters is 2. The smallest absolute Gasteiger partial charge is 0.305 e. The molecule has 0 radical (unpaired) electrons. The lowest BCUT2D eigenvalue weighted by Gasteiger charge is -2.40. The molecule has 60 heavy (non-hydrogen) atoms. The second-order valence-corrected chi connectivity index (χ2v) is 20.0.